The summed E-state index contributed by atoms with van der Waals surface area (Å²) in [5, 5.41) is 8.63. The summed E-state index contributed by atoms with van der Waals surface area (Å²) in [6.07, 6.45) is 4.19. The monoisotopic (exact) mass is 547 g/mol. The van der Waals surface area contributed by atoms with Crippen LogP contribution in [-0.4, -0.2) is 14.4 Å². The van der Waals surface area contributed by atoms with Crippen molar-refractivity contribution in [1.82, 2.24) is 14.4 Å². The van der Waals surface area contributed by atoms with Crippen molar-refractivity contribution in [2.75, 3.05) is 0 Å². The minimum atomic E-state index is 0.925. The Bertz CT molecular complexity index is 2510. The number of hydrogen-bond acceptors (Lipinski definition) is 2. The van der Waals surface area contributed by atoms with Gasteiger partial charge in [-0.3, -0.25) is 0 Å². The summed E-state index contributed by atoms with van der Waals surface area (Å²) in [6.45, 7) is 0. The molecule has 0 aliphatic heterocycles. The lowest BCUT2D eigenvalue weighted by Gasteiger charge is -2.16. The van der Waals surface area contributed by atoms with Gasteiger partial charge in [-0.15, -0.1) is 0 Å². The molecule has 200 valence electrons. The molecule has 3 aromatic heterocycles. The van der Waals surface area contributed by atoms with Crippen molar-refractivity contribution in [3.8, 4) is 33.6 Å². The topological polar surface area (TPSA) is 30.2 Å². The van der Waals surface area contributed by atoms with Gasteiger partial charge in [-0.1, -0.05) is 115 Å². The van der Waals surface area contributed by atoms with E-state index in [-0.39, 0.29) is 0 Å². The Hall–Kier alpha value is -5.80. The van der Waals surface area contributed by atoms with Crippen LogP contribution in [0, 0.1) is 0 Å². The van der Waals surface area contributed by atoms with Crippen LogP contribution in [0.4, 0.5) is 0 Å². The number of pyridine rings is 2. The molecule has 0 saturated heterocycles. The number of imidazole rings is 1. The maximum absolute atomic E-state index is 5.34. The summed E-state index contributed by atoms with van der Waals surface area (Å²) >= 11 is 0. The lowest BCUT2D eigenvalue weighted by Crippen LogP contribution is -1.93. The summed E-state index contributed by atoms with van der Waals surface area (Å²) < 4.78 is 2.09. The van der Waals surface area contributed by atoms with Gasteiger partial charge in [0.1, 0.15) is 5.65 Å². The maximum atomic E-state index is 5.34. The van der Waals surface area contributed by atoms with Crippen molar-refractivity contribution >= 4 is 48.9 Å². The van der Waals surface area contributed by atoms with Gasteiger partial charge in [-0.05, 0) is 56.9 Å². The van der Waals surface area contributed by atoms with Gasteiger partial charge in [0.05, 0.1) is 16.9 Å². The second-order valence-corrected chi connectivity index (χ2v) is 11.1. The van der Waals surface area contributed by atoms with Crippen molar-refractivity contribution in [3.63, 3.8) is 0 Å². The fourth-order valence-corrected chi connectivity index (χ4v) is 6.59. The average molecular weight is 548 g/mol. The molecule has 0 spiro atoms. The standard InChI is InChI=1S/C40H25N3/c1-2-11-26(12-3-1)36-25-43-22-21-28(24-37(43)41-36)27-13-10-14-29(23-27)40-39-33-18-7-5-16-31(33)30-15-4-6-17-32(30)38(39)34-19-8-9-20-35(34)42-40/h1-25H. The van der Waals surface area contributed by atoms with Gasteiger partial charge in [0.15, 0.2) is 0 Å². The van der Waals surface area contributed by atoms with Gasteiger partial charge >= 0.3 is 0 Å². The van der Waals surface area contributed by atoms with E-state index in [4.69, 9.17) is 9.97 Å². The number of fused-ring (bicyclic) bond motifs is 9. The molecule has 0 amide bonds. The minimum Gasteiger partial charge on any atom is -0.306 e. The minimum absolute atomic E-state index is 0.925. The quantitative estimate of drug-likeness (QED) is 0.206. The molecule has 0 radical (unpaired) electrons. The van der Waals surface area contributed by atoms with E-state index in [0.29, 0.717) is 0 Å². The van der Waals surface area contributed by atoms with Crippen molar-refractivity contribution in [1.29, 1.82) is 0 Å². The van der Waals surface area contributed by atoms with Gasteiger partial charge in [0.25, 0.3) is 0 Å². The highest BCUT2D eigenvalue weighted by Gasteiger charge is 2.17. The Balaban J connectivity index is 1.29. The second-order valence-electron chi connectivity index (χ2n) is 11.1. The molecule has 0 unspecified atom stereocenters. The zero-order valence-corrected chi connectivity index (χ0v) is 23.3. The van der Waals surface area contributed by atoms with Crippen LogP contribution >= 0.6 is 0 Å². The van der Waals surface area contributed by atoms with Crippen LogP contribution in [0.5, 0.6) is 0 Å². The Labute approximate surface area is 248 Å². The molecule has 43 heavy (non-hydrogen) atoms. The molecule has 9 rings (SSSR count). The van der Waals surface area contributed by atoms with E-state index in [1.54, 1.807) is 0 Å². The highest BCUT2D eigenvalue weighted by molar-refractivity contribution is 6.33. The Kier molecular flexibility index (Phi) is 5.20. The molecule has 3 heterocycles. The highest BCUT2D eigenvalue weighted by Crippen LogP contribution is 2.43. The molecule has 3 heteroatoms. The maximum Gasteiger partial charge on any atom is 0.138 e. The average Bonchev–Trinajstić information content (AvgIpc) is 3.52. The third kappa shape index (κ3) is 3.75. The fraction of sp³-hybridized carbons (Fsp3) is 0. The van der Waals surface area contributed by atoms with Crippen LogP contribution in [0.1, 0.15) is 0 Å². The normalized spacial score (nSPS) is 11.7. The van der Waals surface area contributed by atoms with Crippen molar-refractivity contribution in [3.05, 3.63) is 152 Å². The lowest BCUT2D eigenvalue weighted by atomic mass is 9.89. The number of hydrogen-bond donors (Lipinski definition) is 0. The first-order valence-corrected chi connectivity index (χ1v) is 14.6. The molecule has 0 bridgehead atoms. The van der Waals surface area contributed by atoms with E-state index in [1.807, 2.05) is 18.2 Å². The van der Waals surface area contributed by atoms with Gasteiger partial charge in [0.2, 0.25) is 0 Å². The molecule has 0 atom stereocenters. The van der Waals surface area contributed by atoms with E-state index in [2.05, 4.69) is 138 Å². The number of rotatable bonds is 3. The molecule has 0 aliphatic rings. The molecule has 0 fully saturated rings. The first kappa shape index (κ1) is 23.9. The Morgan fingerprint density at radius 1 is 0.419 bits per heavy atom. The molecular weight excluding hydrogens is 522 g/mol. The van der Waals surface area contributed by atoms with Crippen LogP contribution in [0.3, 0.4) is 0 Å². The van der Waals surface area contributed by atoms with E-state index in [0.717, 1.165) is 44.8 Å². The number of nitrogens with zero attached hydrogens (tertiary/aromatic N) is 3. The summed E-state index contributed by atoms with van der Waals surface area (Å²) in [7, 11) is 0. The summed E-state index contributed by atoms with van der Waals surface area (Å²) in [4.78, 5) is 10.3. The number of aromatic nitrogens is 3. The lowest BCUT2D eigenvalue weighted by molar-refractivity contribution is 1.19. The third-order valence-corrected chi connectivity index (χ3v) is 8.57. The zero-order valence-electron chi connectivity index (χ0n) is 23.3. The number of benzene rings is 6. The number of para-hydroxylation sites is 1. The van der Waals surface area contributed by atoms with Crippen molar-refractivity contribution < 1.29 is 0 Å². The molecule has 0 saturated carbocycles. The highest BCUT2D eigenvalue weighted by atomic mass is 15.0. The third-order valence-electron chi connectivity index (χ3n) is 8.57. The van der Waals surface area contributed by atoms with Crippen LogP contribution in [0.15, 0.2) is 152 Å². The predicted molar refractivity (Wildman–Crippen MR) is 179 cm³/mol. The van der Waals surface area contributed by atoms with Gasteiger partial charge < -0.3 is 4.40 Å². The molecule has 9 aromatic rings. The van der Waals surface area contributed by atoms with Crippen molar-refractivity contribution in [2.24, 2.45) is 0 Å². The van der Waals surface area contributed by atoms with E-state index in [9.17, 15) is 0 Å². The SMILES string of the molecule is c1ccc(-c2cn3ccc(-c4cccc(-c5nc6ccccc6c6c7ccccc7c7ccccc7c56)c4)cc3n2)cc1. The van der Waals surface area contributed by atoms with E-state index < -0.39 is 0 Å². The summed E-state index contributed by atoms with van der Waals surface area (Å²) in [5.74, 6) is 0. The smallest absolute Gasteiger partial charge is 0.138 e. The van der Waals surface area contributed by atoms with Gasteiger partial charge in [-0.2, -0.15) is 0 Å². The first-order valence-electron chi connectivity index (χ1n) is 14.6. The van der Waals surface area contributed by atoms with Crippen molar-refractivity contribution in [2.45, 2.75) is 0 Å². The van der Waals surface area contributed by atoms with E-state index >= 15 is 0 Å². The molecular formula is C40H25N3. The fourth-order valence-electron chi connectivity index (χ4n) is 6.59. The van der Waals surface area contributed by atoms with Crippen LogP contribution < -0.4 is 0 Å². The zero-order chi connectivity index (χ0) is 28.3. The predicted octanol–water partition coefficient (Wildman–Crippen LogP) is 10.3. The summed E-state index contributed by atoms with van der Waals surface area (Å²) in [5.41, 5.74) is 8.38. The summed E-state index contributed by atoms with van der Waals surface area (Å²) in [6, 6.07) is 49.4. The second kappa shape index (κ2) is 9.37. The molecule has 3 nitrogen and oxygen atoms in total. The Morgan fingerprint density at radius 2 is 1.02 bits per heavy atom. The largest absolute Gasteiger partial charge is 0.306 e. The molecule has 0 N–H and O–H groups in total. The van der Waals surface area contributed by atoms with Gasteiger partial charge in [0, 0.05) is 39.7 Å². The first-order chi connectivity index (χ1) is 21.3. The van der Waals surface area contributed by atoms with E-state index in [1.165, 1.54) is 37.7 Å². The van der Waals surface area contributed by atoms with Crippen LogP contribution in [0.25, 0.3) is 82.5 Å². The molecule has 6 aromatic carbocycles. The van der Waals surface area contributed by atoms with Gasteiger partial charge in [-0.25, -0.2) is 9.97 Å². The Morgan fingerprint density at radius 3 is 1.81 bits per heavy atom. The van der Waals surface area contributed by atoms with Crippen LogP contribution in [0.2, 0.25) is 0 Å². The molecule has 0 aliphatic carbocycles. The van der Waals surface area contributed by atoms with Crippen LogP contribution in [-0.2, 0) is 0 Å².